The molecule has 0 aromatic carbocycles. The minimum absolute atomic E-state index is 0.343. The molecular weight excluding hydrogens is 200 g/mol. The molecule has 15 heavy (non-hydrogen) atoms. The highest BCUT2D eigenvalue weighted by Crippen LogP contribution is 2.29. The van der Waals surface area contributed by atoms with Crippen LogP contribution in [0.25, 0.3) is 0 Å². The first-order chi connectivity index (χ1) is 7.16. The zero-order valence-electron chi connectivity index (χ0n) is 8.26. The summed E-state index contributed by atoms with van der Waals surface area (Å²) in [5.74, 6) is -1.57. The molecule has 3 N–H and O–H groups in total. The Morgan fingerprint density at radius 2 is 2.07 bits per heavy atom. The molecular formula is C10H13F2N3. The zero-order chi connectivity index (χ0) is 10.9. The summed E-state index contributed by atoms with van der Waals surface area (Å²) in [5, 5.41) is 3.16. The molecule has 0 radical (unpaired) electrons. The van der Waals surface area contributed by atoms with Crippen molar-refractivity contribution in [1.82, 2.24) is 10.3 Å². The van der Waals surface area contributed by atoms with Crippen molar-refractivity contribution in [2.75, 3.05) is 19.6 Å². The molecule has 0 saturated carbocycles. The number of hydrogen-bond donors (Lipinski definition) is 2. The third-order valence-corrected chi connectivity index (χ3v) is 3.01. The van der Waals surface area contributed by atoms with E-state index >= 15 is 0 Å². The lowest BCUT2D eigenvalue weighted by Crippen LogP contribution is -2.37. The van der Waals surface area contributed by atoms with E-state index in [2.05, 4.69) is 10.3 Å². The van der Waals surface area contributed by atoms with Gasteiger partial charge in [-0.3, -0.25) is 0 Å². The highest BCUT2D eigenvalue weighted by Gasteiger charge is 2.35. The fraction of sp³-hybridized carbons (Fsp3) is 0.500. The Labute approximate surface area is 86.7 Å². The van der Waals surface area contributed by atoms with Crippen LogP contribution in [0.4, 0.5) is 8.78 Å². The van der Waals surface area contributed by atoms with E-state index in [9.17, 15) is 8.78 Å². The van der Waals surface area contributed by atoms with E-state index in [0.29, 0.717) is 18.7 Å². The molecule has 1 aliphatic rings. The maximum atomic E-state index is 13.0. The summed E-state index contributed by atoms with van der Waals surface area (Å²) in [6.07, 6.45) is 0.798. The van der Waals surface area contributed by atoms with Gasteiger partial charge in [0.05, 0.1) is 0 Å². The Kier molecular flexibility index (Phi) is 2.67. The molecule has 0 amide bonds. The van der Waals surface area contributed by atoms with Gasteiger partial charge in [-0.15, -0.1) is 0 Å². The molecule has 3 nitrogen and oxygen atoms in total. The molecule has 0 aliphatic carbocycles. The standard InChI is InChI=1S/C10H13F2N3/c11-8-3-7(4-9(12)15-8)10(5-13)1-2-14-6-10/h3-4,14H,1-2,5-6,13H2. The quantitative estimate of drug-likeness (QED) is 0.705. The summed E-state index contributed by atoms with van der Waals surface area (Å²) >= 11 is 0. The SMILES string of the molecule is NCC1(c2cc(F)nc(F)c2)CCNC1. The first-order valence-electron chi connectivity index (χ1n) is 4.91. The van der Waals surface area contributed by atoms with Crippen molar-refractivity contribution in [2.24, 2.45) is 5.73 Å². The molecule has 1 fully saturated rings. The Hall–Kier alpha value is -1.07. The van der Waals surface area contributed by atoms with Crippen molar-refractivity contribution in [3.63, 3.8) is 0 Å². The summed E-state index contributed by atoms with van der Waals surface area (Å²) in [4.78, 5) is 3.08. The van der Waals surface area contributed by atoms with Crippen LogP contribution < -0.4 is 11.1 Å². The van der Waals surface area contributed by atoms with Crippen LogP contribution in [0.15, 0.2) is 12.1 Å². The van der Waals surface area contributed by atoms with Gasteiger partial charge < -0.3 is 11.1 Å². The second kappa shape index (κ2) is 3.83. The largest absolute Gasteiger partial charge is 0.330 e. The van der Waals surface area contributed by atoms with Crippen LogP contribution in [0, 0.1) is 11.9 Å². The van der Waals surface area contributed by atoms with E-state index < -0.39 is 11.9 Å². The topological polar surface area (TPSA) is 50.9 Å². The molecule has 82 valence electrons. The van der Waals surface area contributed by atoms with Gasteiger partial charge in [-0.1, -0.05) is 0 Å². The van der Waals surface area contributed by atoms with Gasteiger partial charge in [0.1, 0.15) is 0 Å². The van der Waals surface area contributed by atoms with Crippen molar-refractivity contribution in [3.8, 4) is 0 Å². The van der Waals surface area contributed by atoms with E-state index in [1.807, 2.05) is 0 Å². The third-order valence-electron chi connectivity index (χ3n) is 3.01. The van der Waals surface area contributed by atoms with E-state index in [1.54, 1.807) is 0 Å². The average Bonchev–Trinajstić information content (AvgIpc) is 2.65. The first kappa shape index (κ1) is 10.4. The van der Waals surface area contributed by atoms with Crippen LogP contribution in [0.3, 0.4) is 0 Å². The Bertz CT molecular complexity index is 341. The number of halogens is 2. The van der Waals surface area contributed by atoms with Gasteiger partial charge in [0, 0.05) is 18.5 Å². The van der Waals surface area contributed by atoms with Gasteiger partial charge in [0.2, 0.25) is 11.9 Å². The lowest BCUT2D eigenvalue weighted by molar-refractivity contribution is 0.457. The smallest absolute Gasteiger partial charge is 0.215 e. The fourth-order valence-corrected chi connectivity index (χ4v) is 2.05. The molecule has 1 aliphatic heterocycles. The van der Waals surface area contributed by atoms with Crippen LogP contribution in [0.5, 0.6) is 0 Å². The Morgan fingerprint density at radius 3 is 2.53 bits per heavy atom. The van der Waals surface area contributed by atoms with Crippen molar-refractivity contribution in [1.29, 1.82) is 0 Å². The molecule has 0 spiro atoms. The van der Waals surface area contributed by atoms with Crippen LogP contribution in [0.1, 0.15) is 12.0 Å². The van der Waals surface area contributed by atoms with Crippen LogP contribution in [0.2, 0.25) is 0 Å². The van der Waals surface area contributed by atoms with Gasteiger partial charge in [-0.2, -0.15) is 13.8 Å². The second-order valence-electron chi connectivity index (χ2n) is 3.91. The molecule has 0 bridgehead atoms. The minimum Gasteiger partial charge on any atom is -0.330 e. The summed E-state index contributed by atoms with van der Waals surface area (Å²) in [7, 11) is 0. The van der Waals surface area contributed by atoms with Crippen LogP contribution in [-0.2, 0) is 5.41 Å². The monoisotopic (exact) mass is 213 g/mol. The number of nitrogens with zero attached hydrogens (tertiary/aromatic N) is 1. The van der Waals surface area contributed by atoms with Gasteiger partial charge in [-0.25, -0.2) is 0 Å². The normalized spacial score (nSPS) is 25.8. The Morgan fingerprint density at radius 1 is 1.40 bits per heavy atom. The van der Waals surface area contributed by atoms with Crippen LogP contribution >= 0.6 is 0 Å². The molecule has 2 rings (SSSR count). The third kappa shape index (κ3) is 1.85. The number of hydrogen-bond acceptors (Lipinski definition) is 3. The highest BCUT2D eigenvalue weighted by atomic mass is 19.1. The lowest BCUT2D eigenvalue weighted by atomic mass is 9.80. The Balaban J connectivity index is 2.42. The maximum absolute atomic E-state index is 13.0. The van der Waals surface area contributed by atoms with Gasteiger partial charge >= 0.3 is 0 Å². The maximum Gasteiger partial charge on any atom is 0.215 e. The zero-order valence-corrected chi connectivity index (χ0v) is 8.26. The van der Waals surface area contributed by atoms with Gasteiger partial charge in [0.25, 0.3) is 0 Å². The second-order valence-corrected chi connectivity index (χ2v) is 3.91. The van der Waals surface area contributed by atoms with E-state index in [4.69, 9.17) is 5.73 Å². The molecule has 5 heteroatoms. The average molecular weight is 213 g/mol. The summed E-state index contributed by atoms with van der Waals surface area (Å²) in [5.41, 5.74) is 5.95. The predicted octanol–water partition coefficient (Wildman–Crippen LogP) is 0.550. The molecule has 1 unspecified atom stereocenters. The number of pyridine rings is 1. The number of nitrogens with one attached hydrogen (secondary N) is 1. The van der Waals surface area contributed by atoms with Crippen LogP contribution in [-0.4, -0.2) is 24.6 Å². The molecule has 1 saturated heterocycles. The van der Waals surface area contributed by atoms with E-state index in [1.165, 1.54) is 12.1 Å². The van der Waals surface area contributed by atoms with Crippen molar-refractivity contribution in [2.45, 2.75) is 11.8 Å². The minimum atomic E-state index is -0.787. The highest BCUT2D eigenvalue weighted by molar-refractivity contribution is 5.26. The molecule has 1 atom stereocenters. The van der Waals surface area contributed by atoms with Crippen molar-refractivity contribution >= 4 is 0 Å². The summed E-state index contributed by atoms with van der Waals surface area (Å²) < 4.78 is 26.0. The van der Waals surface area contributed by atoms with Crippen molar-refractivity contribution < 1.29 is 8.78 Å². The molecule has 2 heterocycles. The molecule has 1 aromatic rings. The van der Waals surface area contributed by atoms with Gasteiger partial charge in [0.15, 0.2) is 0 Å². The van der Waals surface area contributed by atoms with E-state index in [0.717, 1.165) is 13.0 Å². The van der Waals surface area contributed by atoms with Gasteiger partial charge in [-0.05, 0) is 30.7 Å². The molecule has 1 aromatic heterocycles. The predicted molar refractivity (Wildman–Crippen MR) is 52.4 cm³/mol. The fourth-order valence-electron chi connectivity index (χ4n) is 2.05. The van der Waals surface area contributed by atoms with Crippen molar-refractivity contribution in [3.05, 3.63) is 29.6 Å². The lowest BCUT2D eigenvalue weighted by Gasteiger charge is -2.26. The summed E-state index contributed by atoms with van der Waals surface area (Å²) in [6, 6.07) is 2.53. The summed E-state index contributed by atoms with van der Waals surface area (Å²) in [6.45, 7) is 1.86. The number of nitrogens with two attached hydrogens (primary N) is 1. The first-order valence-corrected chi connectivity index (χ1v) is 4.91. The number of rotatable bonds is 2. The number of aromatic nitrogens is 1. The van der Waals surface area contributed by atoms with E-state index in [-0.39, 0.29) is 5.41 Å².